The summed E-state index contributed by atoms with van der Waals surface area (Å²) in [5, 5.41) is 0. The second-order valence-electron chi connectivity index (χ2n) is 3.03. The van der Waals surface area contributed by atoms with Crippen molar-refractivity contribution in [2.45, 2.75) is 24.2 Å². The zero-order valence-corrected chi connectivity index (χ0v) is 7.69. The van der Waals surface area contributed by atoms with Crippen LogP contribution >= 0.6 is 15.9 Å². The first-order chi connectivity index (χ1) is 4.22. The van der Waals surface area contributed by atoms with Gasteiger partial charge in [-0.25, -0.2) is 0 Å². The Morgan fingerprint density at radius 1 is 1.44 bits per heavy atom. The summed E-state index contributed by atoms with van der Waals surface area (Å²) in [4.78, 5) is 2.86. The average Bonchev–Trinajstić information content (AvgIpc) is 1.60. The second kappa shape index (κ2) is 3.02. The van der Waals surface area contributed by atoms with Gasteiger partial charge >= 0.3 is 0 Å². The van der Waals surface area contributed by atoms with Gasteiger partial charge in [0.05, 0.1) is 4.95 Å². The Hall–Kier alpha value is 0.440. The lowest BCUT2D eigenvalue weighted by Crippen LogP contribution is -2.33. The van der Waals surface area contributed by atoms with E-state index in [1.165, 1.54) is 19.3 Å². The largest absolute Gasteiger partial charge is 0.297 e. The van der Waals surface area contributed by atoms with Gasteiger partial charge in [0.25, 0.3) is 0 Å². The van der Waals surface area contributed by atoms with Crippen molar-refractivity contribution in [2.24, 2.45) is 5.92 Å². The predicted octanol–water partition coefficient (Wildman–Crippen LogP) is 2.07. The van der Waals surface area contributed by atoms with Crippen molar-refractivity contribution < 1.29 is 0 Å². The van der Waals surface area contributed by atoms with Gasteiger partial charge in [0.1, 0.15) is 0 Å². The van der Waals surface area contributed by atoms with E-state index in [-0.39, 0.29) is 0 Å². The summed E-state index contributed by atoms with van der Waals surface area (Å²) in [7, 11) is 4.25. The third kappa shape index (κ3) is 1.68. The van der Waals surface area contributed by atoms with Crippen LogP contribution in [0.4, 0.5) is 0 Å². The molecule has 1 fully saturated rings. The van der Waals surface area contributed by atoms with E-state index in [2.05, 4.69) is 34.9 Å². The van der Waals surface area contributed by atoms with Gasteiger partial charge in [-0.1, -0.05) is 22.4 Å². The van der Waals surface area contributed by atoms with Crippen molar-refractivity contribution in [2.75, 3.05) is 14.1 Å². The molecule has 9 heavy (non-hydrogen) atoms. The zero-order chi connectivity index (χ0) is 6.85. The van der Waals surface area contributed by atoms with Crippen molar-refractivity contribution in [3.63, 3.8) is 0 Å². The number of nitrogens with zero attached hydrogens (tertiary/aromatic N) is 1. The molecule has 0 bridgehead atoms. The molecular formula is C7H14BrN. The molecule has 2 heteroatoms. The van der Waals surface area contributed by atoms with E-state index in [0.717, 1.165) is 5.92 Å². The Labute approximate surface area is 65.6 Å². The summed E-state index contributed by atoms with van der Waals surface area (Å²) in [6.07, 6.45) is 4.25. The molecule has 0 radical (unpaired) electrons. The minimum atomic E-state index is 0.617. The summed E-state index contributed by atoms with van der Waals surface area (Å²) < 4.78 is 0. The summed E-state index contributed by atoms with van der Waals surface area (Å²) in [6.45, 7) is 0. The van der Waals surface area contributed by atoms with Crippen molar-refractivity contribution >= 4 is 15.9 Å². The van der Waals surface area contributed by atoms with Crippen LogP contribution in [0.5, 0.6) is 0 Å². The van der Waals surface area contributed by atoms with Gasteiger partial charge < -0.3 is 0 Å². The Morgan fingerprint density at radius 2 is 2.00 bits per heavy atom. The van der Waals surface area contributed by atoms with Gasteiger partial charge in [0.15, 0.2) is 0 Å². The van der Waals surface area contributed by atoms with Gasteiger partial charge in [0.2, 0.25) is 0 Å². The molecule has 0 spiro atoms. The van der Waals surface area contributed by atoms with Crippen LogP contribution in [0.1, 0.15) is 19.3 Å². The zero-order valence-electron chi connectivity index (χ0n) is 6.10. The molecule has 1 atom stereocenters. The lowest BCUT2D eigenvalue weighted by atomic mass is 9.85. The first-order valence-electron chi connectivity index (χ1n) is 3.52. The van der Waals surface area contributed by atoms with E-state index in [1.807, 2.05) is 0 Å². The number of rotatable bonds is 2. The third-order valence-electron chi connectivity index (χ3n) is 2.03. The molecule has 54 valence electrons. The van der Waals surface area contributed by atoms with E-state index in [4.69, 9.17) is 0 Å². The van der Waals surface area contributed by atoms with Crippen molar-refractivity contribution in [1.29, 1.82) is 0 Å². The second-order valence-corrected chi connectivity index (χ2v) is 3.97. The predicted molar refractivity (Wildman–Crippen MR) is 43.7 cm³/mol. The highest BCUT2D eigenvalue weighted by atomic mass is 79.9. The monoisotopic (exact) mass is 191 g/mol. The number of alkyl halides is 1. The Morgan fingerprint density at radius 3 is 2.11 bits per heavy atom. The Kier molecular flexibility index (Phi) is 2.53. The quantitative estimate of drug-likeness (QED) is 0.478. The summed E-state index contributed by atoms with van der Waals surface area (Å²) in [5.74, 6) is 0.917. The van der Waals surface area contributed by atoms with Crippen LogP contribution in [0.3, 0.4) is 0 Å². The first-order valence-corrected chi connectivity index (χ1v) is 4.44. The van der Waals surface area contributed by atoms with Gasteiger partial charge in [-0.3, -0.25) is 4.90 Å². The molecule has 1 saturated carbocycles. The lowest BCUT2D eigenvalue weighted by molar-refractivity contribution is 0.210. The van der Waals surface area contributed by atoms with Crippen LogP contribution in [0.15, 0.2) is 0 Å². The van der Waals surface area contributed by atoms with E-state index < -0.39 is 0 Å². The van der Waals surface area contributed by atoms with Crippen molar-refractivity contribution in [3.05, 3.63) is 0 Å². The molecule has 1 aliphatic carbocycles. The average molecular weight is 192 g/mol. The van der Waals surface area contributed by atoms with Gasteiger partial charge in [0, 0.05) is 0 Å². The lowest BCUT2D eigenvalue weighted by Gasteiger charge is -2.33. The van der Waals surface area contributed by atoms with Crippen LogP contribution in [-0.2, 0) is 0 Å². The standard InChI is InChI=1S/C7H14BrN/c1-9(2)7(8)6-4-3-5-6/h6-7H,3-5H2,1-2H3. The number of halogens is 1. The Bertz CT molecular complexity index is 88.9. The van der Waals surface area contributed by atoms with Gasteiger partial charge in [-0.2, -0.15) is 0 Å². The highest BCUT2D eigenvalue weighted by Crippen LogP contribution is 2.33. The third-order valence-corrected chi connectivity index (χ3v) is 3.60. The maximum atomic E-state index is 3.64. The minimum Gasteiger partial charge on any atom is -0.297 e. The summed E-state index contributed by atoms with van der Waals surface area (Å²) in [5.41, 5.74) is 0. The highest BCUT2D eigenvalue weighted by molar-refractivity contribution is 9.09. The smallest absolute Gasteiger partial charge is 0.0679 e. The molecule has 0 aromatic rings. The van der Waals surface area contributed by atoms with E-state index in [9.17, 15) is 0 Å². The molecule has 1 nitrogen and oxygen atoms in total. The molecule has 0 aromatic carbocycles. The normalized spacial score (nSPS) is 24.0. The number of hydrogen-bond acceptors (Lipinski definition) is 1. The molecule has 0 amide bonds. The fourth-order valence-electron chi connectivity index (χ4n) is 1.14. The van der Waals surface area contributed by atoms with Crippen LogP contribution in [0, 0.1) is 5.92 Å². The van der Waals surface area contributed by atoms with Crippen LogP contribution < -0.4 is 0 Å². The van der Waals surface area contributed by atoms with Crippen LogP contribution in [0.25, 0.3) is 0 Å². The molecule has 1 rings (SSSR count). The molecule has 1 unspecified atom stereocenters. The van der Waals surface area contributed by atoms with Crippen molar-refractivity contribution in [3.8, 4) is 0 Å². The maximum absolute atomic E-state index is 3.64. The SMILES string of the molecule is CN(C)C(Br)C1CCC1. The molecule has 0 aliphatic heterocycles. The van der Waals surface area contributed by atoms with Crippen LogP contribution in [-0.4, -0.2) is 23.9 Å². The van der Waals surface area contributed by atoms with E-state index in [1.54, 1.807) is 0 Å². The van der Waals surface area contributed by atoms with Crippen LogP contribution in [0.2, 0.25) is 0 Å². The Balaban J connectivity index is 2.23. The van der Waals surface area contributed by atoms with Gasteiger partial charge in [-0.15, -0.1) is 0 Å². The first kappa shape index (κ1) is 7.55. The molecule has 0 aromatic heterocycles. The minimum absolute atomic E-state index is 0.617. The molecule has 0 heterocycles. The maximum Gasteiger partial charge on any atom is 0.0679 e. The van der Waals surface area contributed by atoms with E-state index >= 15 is 0 Å². The molecule has 0 saturated heterocycles. The van der Waals surface area contributed by atoms with Gasteiger partial charge in [-0.05, 0) is 32.9 Å². The topological polar surface area (TPSA) is 3.24 Å². The molecule has 0 N–H and O–H groups in total. The molecule has 1 aliphatic rings. The fraction of sp³-hybridized carbons (Fsp3) is 1.00. The van der Waals surface area contributed by atoms with E-state index in [0.29, 0.717) is 4.95 Å². The molecular weight excluding hydrogens is 178 g/mol. The van der Waals surface area contributed by atoms with Crippen molar-refractivity contribution in [1.82, 2.24) is 4.90 Å². The highest BCUT2D eigenvalue weighted by Gasteiger charge is 2.26. The summed E-state index contributed by atoms with van der Waals surface area (Å²) in [6, 6.07) is 0. The number of hydrogen-bond donors (Lipinski definition) is 0. The summed E-state index contributed by atoms with van der Waals surface area (Å²) >= 11 is 3.64. The fourth-order valence-corrected chi connectivity index (χ4v) is 1.67.